The van der Waals surface area contributed by atoms with Crippen LogP contribution >= 0.6 is 0 Å². The number of hydrogen-bond donors (Lipinski definition) is 1. The number of rotatable bonds is 4. The topological polar surface area (TPSA) is 29.1 Å². The van der Waals surface area contributed by atoms with Crippen molar-refractivity contribution in [3.63, 3.8) is 0 Å². The van der Waals surface area contributed by atoms with Crippen molar-refractivity contribution in [2.45, 2.75) is 19.4 Å². The molecule has 19 heavy (non-hydrogen) atoms. The number of hydrogen-bond acceptors (Lipinski definition) is 1. The van der Waals surface area contributed by atoms with Gasteiger partial charge in [0, 0.05) is 11.6 Å². The van der Waals surface area contributed by atoms with E-state index in [1.54, 1.807) is 6.07 Å². The Morgan fingerprint density at radius 1 is 1.16 bits per heavy atom. The van der Waals surface area contributed by atoms with Gasteiger partial charge in [-0.3, -0.25) is 4.79 Å². The Morgan fingerprint density at radius 3 is 2.58 bits per heavy atom. The summed E-state index contributed by atoms with van der Waals surface area (Å²) in [6, 6.07) is 15.6. The maximum Gasteiger partial charge on any atom is 0.251 e. The summed E-state index contributed by atoms with van der Waals surface area (Å²) < 4.78 is 13.0. The Labute approximate surface area is 112 Å². The molecule has 1 N–H and O–H groups in total. The lowest BCUT2D eigenvalue weighted by atomic mass is 10.1. The summed E-state index contributed by atoms with van der Waals surface area (Å²) in [5.41, 5.74) is 1.51. The highest BCUT2D eigenvalue weighted by atomic mass is 19.1. The van der Waals surface area contributed by atoms with Gasteiger partial charge in [0.05, 0.1) is 0 Å². The average Bonchev–Trinajstić information content (AvgIpc) is 2.39. The maximum absolute atomic E-state index is 13.0. The van der Waals surface area contributed by atoms with Crippen LogP contribution in [0.5, 0.6) is 0 Å². The van der Waals surface area contributed by atoms with E-state index < -0.39 is 5.82 Å². The second-order valence-corrected chi connectivity index (χ2v) is 4.57. The summed E-state index contributed by atoms with van der Waals surface area (Å²) in [6.45, 7) is 1.93. The van der Waals surface area contributed by atoms with Gasteiger partial charge in [0.15, 0.2) is 0 Å². The number of benzene rings is 2. The molecule has 0 spiro atoms. The van der Waals surface area contributed by atoms with Crippen molar-refractivity contribution in [2.75, 3.05) is 0 Å². The van der Waals surface area contributed by atoms with Crippen LogP contribution in [0, 0.1) is 5.82 Å². The van der Waals surface area contributed by atoms with Crippen LogP contribution < -0.4 is 5.32 Å². The molecule has 0 fully saturated rings. The molecular weight excluding hydrogens is 241 g/mol. The van der Waals surface area contributed by atoms with E-state index in [0.29, 0.717) is 5.56 Å². The van der Waals surface area contributed by atoms with Crippen molar-refractivity contribution in [3.05, 3.63) is 71.5 Å². The largest absolute Gasteiger partial charge is 0.349 e. The summed E-state index contributed by atoms with van der Waals surface area (Å²) in [6.07, 6.45) is 0.752. The van der Waals surface area contributed by atoms with Gasteiger partial charge in [0.1, 0.15) is 5.82 Å². The number of halogens is 1. The van der Waals surface area contributed by atoms with Gasteiger partial charge >= 0.3 is 0 Å². The van der Waals surface area contributed by atoms with Gasteiger partial charge in [-0.05, 0) is 37.1 Å². The van der Waals surface area contributed by atoms with Gasteiger partial charge in [-0.15, -0.1) is 0 Å². The highest BCUT2D eigenvalue weighted by Crippen LogP contribution is 2.06. The van der Waals surface area contributed by atoms with Crippen molar-refractivity contribution in [1.29, 1.82) is 0 Å². The van der Waals surface area contributed by atoms with Crippen LogP contribution in [0.1, 0.15) is 22.8 Å². The highest BCUT2D eigenvalue weighted by molar-refractivity contribution is 5.94. The molecule has 2 rings (SSSR count). The normalized spacial score (nSPS) is 11.9. The quantitative estimate of drug-likeness (QED) is 0.895. The molecule has 0 saturated heterocycles. The van der Waals surface area contributed by atoms with Crippen molar-refractivity contribution >= 4 is 5.91 Å². The second kappa shape index (κ2) is 6.14. The standard InChI is InChI=1S/C16H16FNO/c1-12(10-13-6-3-2-4-7-13)18-16(19)14-8-5-9-15(17)11-14/h2-9,11-12H,10H2,1H3,(H,18,19). The first-order chi connectivity index (χ1) is 9.15. The predicted molar refractivity (Wildman–Crippen MR) is 73.5 cm³/mol. The van der Waals surface area contributed by atoms with E-state index >= 15 is 0 Å². The first-order valence-corrected chi connectivity index (χ1v) is 6.25. The summed E-state index contributed by atoms with van der Waals surface area (Å²) >= 11 is 0. The average molecular weight is 257 g/mol. The van der Waals surface area contributed by atoms with Crippen LogP contribution in [-0.4, -0.2) is 11.9 Å². The van der Waals surface area contributed by atoms with Crippen LogP contribution in [0.3, 0.4) is 0 Å². The third-order valence-corrected chi connectivity index (χ3v) is 2.85. The summed E-state index contributed by atoms with van der Waals surface area (Å²) in [4.78, 5) is 11.9. The van der Waals surface area contributed by atoms with Gasteiger partial charge in [-0.1, -0.05) is 36.4 Å². The summed E-state index contributed by atoms with van der Waals surface area (Å²) in [5.74, 6) is -0.647. The van der Waals surface area contributed by atoms with Crippen LogP contribution in [0.2, 0.25) is 0 Å². The van der Waals surface area contributed by atoms with Crippen molar-refractivity contribution in [2.24, 2.45) is 0 Å². The summed E-state index contributed by atoms with van der Waals surface area (Å²) in [5, 5.41) is 2.87. The third kappa shape index (κ3) is 3.91. The van der Waals surface area contributed by atoms with Gasteiger partial charge < -0.3 is 5.32 Å². The van der Waals surface area contributed by atoms with E-state index in [2.05, 4.69) is 5.32 Å². The zero-order valence-corrected chi connectivity index (χ0v) is 10.8. The first-order valence-electron chi connectivity index (χ1n) is 6.25. The first kappa shape index (κ1) is 13.3. The van der Waals surface area contributed by atoms with Gasteiger partial charge in [-0.2, -0.15) is 0 Å². The second-order valence-electron chi connectivity index (χ2n) is 4.57. The van der Waals surface area contributed by atoms with E-state index in [1.165, 1.54) is 18.2 Å². The molecule has 0 aliphatic rings. The zero-order valence-electron chi connectivity index (χ0n) is 10.8. The monoisotopic (exact) mass is 257 g/mol. The molecule has 0 radical (unpaired) electrons. The zero-order chi connectivity index (χ0) is 13.7. The summed E-state index contributed by atoms with van der Waals surface area (Å²) in [7, 11) is 0. The van der Waals surface area contributed by atoms with E-state index in [-0.39, 0.29) is 11.9 Å². The molecule has 0 bridgehead atoms. The van der Waals surface area contributed by atoms with E-state index in [0.717, 1.165) is 12.0 Å². The van der Waals surface area contributed by atoms with Gasteiger partial charge in [-0.25, -0.2) is 4.39 Å². The molecule has 0 heterocycles. The smallest absolute Gasteiger partial charge is 0.251 e. The molecule has 1 unspecified atom stereocenters. The minimum Gasteiger partial charge on any atom is -0.349 e. The molecule has 0 aromatic heterocycles. The number of amides is 1. The Kier molecular flexibility index (Phi) is 4.29. The molecule has 2 nitrogen and oxygen atoms in total. The fourth-order valence-electron chi connectivity index (χ4n) is 1.96. The fraction of sp³-hybridized carbons (Fsp3) is 0.188. The van der Waals surface area contributed by atoms with Gasteiger partial charge in [0.2, 0.25) is 0 Å². The van der Waals surface area contributed by atoms with E-state index in [4.69, 9.17) is 0 Å². The minimum absolute atomic E-state index is 0.00170. The van der Waals surface area contributed by atoms with Crippen LogP contribution in [-0.2, 0) is 6.42 Å². The number of carbonyl (C=O) groups excluding carboxylic acids is 1. The minimum atomic E-state index is -0.400. The molecule has 98 valence electrons. The van der Waals surface area contributed by atoms with E-state index in [1.807, 2.05) is 37.3 Å². The fourth-order valence-corrected chi connectivity index (χ4v) is 1.96. The SMILES string of the molecule is CC(Cc1ccccc1)NC(=O)c1cccc(F)c1. The molecule has 0 aliphatic carbocycles. The molecular formula is C16H16FNO. The predicted octanol–water partition coefficient (Wildman–Crippen LogP) is 3.19. The van der Waals surface area contributed by atoms with Crippen molar-refractivity contribution in [3.8, 4) is 0 Å². The number of carbonyl (C=O) groups is 1. The molecule has 0 aliphatic heterocycles. The Balaban J connectivity index is 1.95. The van der Waals surface area contributed by atoms with E-state index in [9.17, 15) is 9.18 Å². The molecule has 1 amide bonds. The third-order valence-electron chi connectivity index (χ3n) is 2.85. The lowest BCUT2D eigenvalue weighted by Crippen LogP contribution is -2.34. The van der Waals surface area contributed by atoms with Crippen LogP contribution in [0.25, 0.3) is 0 Å². The Hall–Kier alpha value is -2.16. The lowest BCUT2D eigenvalue weighted by Gasteiger charge is -2.14. The van der Waals surface area contributed by atoms with Crippen molar-refractivity contribution < 1.29 is 9.18 Å². The molecule has 2 aromatic carbocycles. The van der Waals surface area contributed by atoms with Crippen molar-refractivity contribution in [1.82, 2.24) is 5.32 Å². The van der Waals surface area contributed by atoms with Crippen LogP contribution in [0.4, 0.5) is 4.39 Å². The molecule has 3 heteroatoms. The molecule has 1 atom stereocenters. The number of nitrogens with one attached hydrogen (secondary N) is 1. The Morgan fingerprint density at radius 2 is 1.89 bits per heavy atom. The molecule has 2 aromatic rings. The lowest BCUT2D eigenvalue weighted by molar-refractivity contribution is 0.0939. The van der Waals surface area contributed by atoms with Gasteiger partial charge in [0.25, 0.3) is 5.91 Å². The maximum atomic E-state index is 13.0. The highest BCUT2D eigenvalue weighted by Gasteiger charge is 2.10. The molecule has 0 saturated carbocycles. The Bertz CT molecular complexity index is 554. The van der Waals surface area contributed by atoms with Crippen LogP contribution in [0.15, 0.2) is 54.6 Å².